The van der Waals surface area contributed by atoms with Crippen LogP contribution < -0.4 is 10.1 Å². The van der Waals surface area contributed by atoms with E-state index >= 15 is 0 Å². The fourth-order valence-electron chi connectivity index (χ4n) is 4.87. The summed E-state index contributed by atoms with van der Waals surface area (Å²) in [5.74, 6) is 1.83. The Balaban J connectivity index is 1.14. The zero-order valence-electron chi connectivity index (χ0n) is 18.3. The van der Waals surface area contributed by atoms with Gasteiger partial charge in [0.2, 0.25) is 5.91 Å². The van der Waals surface area contributed by atoms with Gasteiger partial charge in [-0.3, -0.25) is 14.4 Å². The van der Waals surface area contributed by atoms with Crippen molar-refractivity contribution in [1.29, 1.82) is 0 Å². The number of benzene rings is 1. The third-order valence-electron chi connectivity index (χ3n) is 6.46. The van der Waals surface area contributed by atoms with Crippen molar-refractivity contribution in [2.45, 2.75) is 57.8 Å². The minimum absolute atomic E-state index is 0.0154. The SMILES string of the molecule is O=C(Cn1ncc2c1-c1ccccc1OC2)NCCCN(Cc1ccco1)C1CCCC1. The number of carbonyl (C=O) groups excluding carboxylic acids is 1. The number of fused-ring (bicyclic) bond motifs is 3. The Morgan fingerprint density at radius 1 is 1.19 bits per heavy atom. The first-order valence-electron chi connectivity index (χ1n) is 11.6. The number of nitrogens with zero attached hydrogens (tertiary/aromatic N) is 3. The average molecular weight is 435 g/mol. The number of nitrogens with one attached hydrogen (secondary N) is 1. The molecule has 2 aliphatic rings. The van der Waals surface area contributed by atoms with Crippen molar-refractivity contribution in [3.8, 4) is 17.0 Å². The van der Waals surface area contributed by atoms with E-state index in [0.29, 0.717) is 19.2 Å². The van der Waals surface area contributed by atoms with Crippen molar-refractivity contribution in [3.05, 3.63) is 60.2 Å². The standard InChI is InChI=1S/C25H30N4O3/c30-24(17-29-25-19(15-27-29)18-32-23-11-4-3-10-22(23)25)26-12-6-13-28(20-7-1-2-8-20)16-21-9-5-14-31-21/h3-5,9-11,14-15,20H,1-2,6-8,12-13,16-18H2,(H,26,30). The van der Waals surface area contributed by atoms with Crippen LogP contribution in [0, 0.1) is 0 Å². The molecule has 1 saturated carbocycles. The van der Waals surface area contributed by atoms with E-state index in [0.717, 1.165) is 47.8 Å². The third kappa shape index (κ3) is 4.58. The molecule has 0 bridgehead atoms. The number of rotatable bonds is 9. The molecular formula is C25H30N4O3. The number of carbonyl (C=O) groups is 1. The Bertz CT molecular complexity index is 1040. The average Bonchev–Trinajstić information content (AvgIpc) is 3.58. The first-order valence-corrected chi connectivity index (χ1v) is 11.6. The van der Waals surface area contributed by atoms with E-state index in [4.69, 9.17) is 9.15 Å². The molecule has 0 spiro atoms. The molecule has 168 valence electrons. The summed E-state index contributed by atoms with van der Waals surface area (Å²) in [4.78, 5) is 15.1. The molecule has 3 aromatic rings. The van der Waals surface area contributed by atoms with Crippen molar-refractivity contribution in [2.24, 2.45) is 0 Å². The summed E-state index contributed by atoms with van der Waals surface area (Å²) in [5, 5.41) is 7.52. The lowest BCUT2D eigenvalue weighted by atomic mass is 10.0. The summed E-state index contributed by atoms with van der Waals surface area (Å²) < 4.78 is 13.1. The van der Waals surface area contributed by atoms with Gasteiger partial charge in [0.05, 0.1) is 24.7 Å². The highest BCUT2D eigenvalue weighted by Crippen LogP contribution is 2.36. The molecule has 1 aliphatic heterocycles. The van der Waals surface area contributed by atoms with E-state index in [1.54, 1.807) is 17.1 Å². The van der Waals surface area contributed by atoms with Gasteiger partial charge in [-0.05, 0) is 43.5 Å². The van der Waals surface area contributed by atoms with Crippen molar-refractivity contribution in [2.75, 3.05) is 13.1 Å². The van der Waals surface area contributed by atoms with Gasteiger partial charge in [-0.15, -0.1) is 0 Å². The Kier molecular flexibility index (Phi) is 6.25. The maximum atomic E-state index is 12.6. The zero-order chi connectivity index (χ0) is 21.8. The van der Waals surface area contributed by atoms with E-state index in [1.807, 2.05) is 36.4 Å². The van der Waals surface area contributed by atoms with Crippen molar-refractivity contribution in [1.82, 2.24) is 20.0 Å². The van der Waals surface area contributed by atoms with E-state index in [9.17, 15) is 4.79 Å². The van der Waals surface area contributed by atoms with Gasteiger partial charge >= 0.3 is 0 Å². The van der Waals surface area contributed by atoms with Gasteiger partial charge in [0, 0.05) is 30.3 Å². The fraction of sp³-hybridized carbons (Fsp3) is 0.440. The highest BCUT2D eigenvalue weighted by molar-refractivity contribution is 5.78. The van der Waals surface area contributed by atoms with Crippen LogP contribution in [0.5, 0.6) is 5.75 Å². The Morgan fingerprint density at radius 2 is 2.06 bits per heavy atom. The normalized spacial score (nSPS) is 15.4. The lowest BCUT2D eigenvalue weighted by Gasteiger charge is -2.28. The molecule has 1 fully saturated rings. The van der Waals surface area contributed by atoms with Gasteiger partial charge in [0.1, 0.15) is 24.7 Å². The van der Waals surface area contributed by atoms with Crippen LogP contribution in [-0.2, 0) is 24.5 Å². The van der Waals surface area contributed by atoms with Crippen LogP contribution >= 0.6 is 0 Å². The van der Waals surface area contributed by atoms with Crippen LogP contribution in [0.3, 0.4) is 0 Å². The number of aromatic nitrogens is 2. The summed E-state index contributed by atoms with van der Waals surface area (Å²) >= 11 is 0. The van der Waals surface area contributed by atoms with Crippen LogP contribution in [0.1, 0.15) is 43.4 Å². The Morgan fingerprint density at radius 3 is 2.91 bits per heavy atom. The molecule has 1 N–H and O–H groups in total. The number of ether oxygens (including phenoxy) is 1. The third-order valence-corrected chi connectivity index (χ3v) is 6.46. The highest BCUT2D eigenvalue weighted by Gasteiger charge is 2.24. The van der Waals surface area contributed by atoms with Crippen LogP contribution in [0.4, 0.5) is 0 Å². The van der Waals surface area contributed by atoms with Gasteiger partial charge in [-0.2, -0.15) is 5.10 Å². The van der Waals surface area contributed by atoms with E-state index in [-0.39, 0.29) is 12.5 Å². The molecule has 1 amide bonds. The second kappa shape index (κ2) is 9.61. The number of hydrogen-bond acceptors (Lipinski definition) is 5. The summed E-state index contributed by atoms with van der Waals surface area (Å²) in [7, 11) is 0. The van der Waals surface area contributed by atoms with Gasteiger partial charge in [-0.25, -0.2) is 0 Å². The molecule has 0 radical (unpaired) electrons. The lowest BCUT2D eigenvalue weighted by Crippen LogP contribution is -2.36. The van der Waals surface area contributed by atoms with Crippen LogP contribution in [0.25, 0.3) is 11.3 Å². The molecule has 1 aliphatic carbocycles. The maximum absolute atomic E-state index is 12.6. The quantitative estimate of drug-likeness (QED) is 0.516. The van der Waals surface area contributed by atoms with Crippen LogP contribution in [0.2, 0.25) is 0 Å². The summed E-state index contributed by atoms with van der Waals surface area (Å²) in [5.41, 5.74) is 2.98. The Hall–Kier alpha value is -3.06. The second-order valence-electron chi connectivity index (χ2n) is 8.65. The smallest absolute Gasteiger partial charge is 0.241 e. The molecule has 0 saturated heterocycles. The molecule has 0 unspecified atom stereocenters. The predicted molar refractivity (Wildman–Crippen MR) is 121 cm³/mol. The van der Waals surface area contributed by atoms with Gasteiger partial charge in [0.25, 0.3) is 0 Å². The maximum Gasteiger partial charge on any atom is 0.241 e. The topological polar surface area (TPSA) is 72.5 Å². The summed E-state index contributed by atoms with van der Waals surface area (Å²) in [6.45, 7) is 3.15. The largest absolute Gasteiger partial charge is 0.488 e. The molecular weight excluding hydrogens is 404 g/mol. The molecule has 7 nitrogen and oxygen atoms in total. The van der Waals surface area contributed by atoms with Crippen molar-refractivity contribution < 1.29 is 13.9 Å². The Labute approximate surface area is 188 Å². The monoisotopic (exact) mass is 434 g/mol. The molecule has 32 heavy (non-hydrogen) atoms. The van der Waals surface area contributed by atoms with E-state index < -0.39 is 0 Å². The minimum Gasteiger partial charge on any atom is -0.488 e. The fourth-order valence-corrected chi connectivity index (χ4v) is 4.87. The number of amides is 1. The van der Waals surface area contributed by atoms with Crippen LogP contribution in [-0.4, -0.2) is 39.7 Å². The molecule has 5 rings (SSSR count). The van der Waals surface area contributed by atoms with Gasteiger partial charge in [0.15, 0.2) is 0 Å². The van der Waals surface area contributed by atoms with Crippen molar-refractivity contribution >= 4 is 5.91 Å². The zero-order valence-corrected chi connectivity index (χ0v) is 18.3. The minimum atomic E-state index is -0.0154. The van der Waals surface area contributed by atoms with E-state index in [1.165, 1.54) is 25.7 Å². The number of hydrogen-bond donors (Lipinski definition) is 1. The number of furan rings is 1. The molecule has 0 atom stereocenters. The molecule has 3 heterocycles. The first kappa shape index (κ1) is 20.8. The first-order chi connectivity index (χ1) is 15.8. The molecule has 1 aromatic carbocycles. The van der Waals surface area contributed by atoms with E-state index in [2.05, 4.69) is 15.3 Å². The van der Waals surface area contributed by atoms with Crippen LogP contribution in [0.15, 0.2) is 53.3 Å². The number of para-hydroxylation sites is 1. The summed E-state index contributed by atoms with van der Waals surface area (Å²) in [6.07, 6.45) is 9.56. The summed E-state index contributed by atoms with van der Waals surface area (Å²) in [6, 6.07) is 12.5. The molecule has 7 heteroatoms. The second-order valence-corrected chi connectivity index (χ2v) is 8.65. The molecule has 2 aromatic heterocycles. The highest BCUT2D eigenvalue weighted by atomic mass is 16.5. The lowest BCUT2D eigenvalue weighted by molar-refractivity contribution is -0.121. The predicted octanol–water partition coefficient (Wildman–Crippen LogP) is 3.99. The van der Waals surface area contributed by atoms with Gasteiger partial charge in [-0.1, -0.05) is 25.0 Å². The van der Waals surface area contributed by atoms with Gasteiger partial charge < -0.3 is 14.5 Å². The van der Waals surface area contributed by atoms with Crippen molar-refractivity contribution in [3.63, 3.8) is 0 Å².